The van der Waals surface area contributed by atoms with Crippen molar-refractivity contribution < 1.29 is 9.53 Å². The van der Waals surface area contributed by atoms with E-state index in [4.69, 9.17) is 4.74 Å². The van der Waals surface area contributed by atoms with Gasteiger partial charge in [-0.15, -0.1) is 0 Å². The number of ketones is 1. The van der Waals surface area contributed by atoms with Gasteiger partial charge >= 0.3 is 0 Å². The lowest BCUT2D eigenvalue weighted by atomic mass is 9.96. The third kappa shape index (κ3) is 2.03. The quantitative estimate of drug-likeness (QED) is 0.727. The molecule has 0 spiro atoms. The molecule has 0 N–H and O–H groups in total. The third-order valence-electron chi connectivity index (χ3n) is 3.07. The zero-order chi connectivity index (χ0) is 12.5. The van der Waals surface area contributed by atoms with Crippen LogP contribution in [-0.4, -0.2) is 5.78 Å². The lowest BCUT2D eigenvalue weighted by Gasteiger charge is -2.26. The number of carbonyl (C=O) groups is 1. The van der Waals surface area contributed by atoms with Crippen LogP contribution in [-0.2, 0) is 0 Å². The topological polar surface area (TPSA) is 26.3 Å². The fourth-order valence-electron chi connectivity index (χ4n) is 2.16. The van der Waals surface area contributed by atoms with Gasteiger partial charge in [-0.25, -0.2) is 0 Å². The highest BCUT2D eigenvalue weighted by Gasteiger charge is 2.28. The zero-order valence-electron chi connectivity index (χ0n) is 9.60. The molecule has 2 aromatic rings. The minimum absolute atomic E-state index is 0.156. The molecule has 0 unspecified atom stereocenters. The van der Waals surface area contributed by atoms with Crippen LogP contribution in [0.15, 0.2) is 48.5 Å². The second-order valence-corrected chi connectivity index (χ2v) is 5.42. The monoisotopic (exact) mass is 350 g/mol. The Morgan fingerprint density at radius 1 is 1.06 bits per heavy atom. The van der Waals surface area contributed by atoms with Crippen LogP contribution in [0.1, 0.15) is 28.4 Å². The first kappa shape index (κ1) is 11.7. The highest BCUT2D eigenvalue weighted by atomic mass is 127. The van der Waals surface area contributed by atoms with Crippen LogP contribution >= 0.6 is 22.6 Å². The van der Waals surface area contributed by atoms with Gasteiger partial charge in [-0.1, -0.05) is 36.4 Å². The second kappa shape index (κ2) is 4.72. The normalized spacial score (nSPS) is 18.1. The maximum atomic E-state index is 12.1. The molecule has 0 amide bonds. The Hall–Kier alpha value is -1.36. The molecule has 0 saturated heterocycles. The molecule has 90 valence electrons. The molecule has 2 nitrogen and oxygen atoms in total. The van der Waals surface area contributed by atoms with Gasteiger partial charge in [0, 0.05) is 0 Å². The molecule has 0 aliphatic carbocycles. The minimum atomic E-state index is -0.165. The summed E-state index contributed by atoms with van der Waals surface area (Å²) in [5.41, 5.74) is 1.75. The van der Waals surface area contributed by atoms with Crippen molar-refractivity contribution in [3.05, 3.63) is 63.2 Å². The average Bonchev–Trinajstić information content (AvgIpc) is 2.41. The SMILES string of the molecule is O=C1C[C@H](c2ccccc2)Oc2c(I)cccc21. The summed E-state index contributed by atoms with van der Waals surface area (Å²) in [5.74, 6) is 0.881. The van der Waals surface area contributed by atoms with Crippen LogP contribution in [0.3, 0.4) is 0 Å². The molecule has 0 fully saturated rings. The summed E-state index contributed by atoms with van der Waals surface area (Å²) in [6.45, 7) is 0. The predicted molar refractivity (Wildman–Crippen MR) is 77.9 cm³/mol. The van der Waals surface area contributed by atoms with Crippen LogP contribution in [0.4, 0.5) is 0 Å². The zero-order valence-corrected chi connectivity index (χ0v) is 11.8. The number of hydrogen-bond acceptors (Lipinski definition) is 2. The molecule has 1 heterocycles. The van der Waals surface area contributed by atoms with E-state index in [0.29, 0.717) is 12.0 Å². The summed E-state index contributed by atoms with van der Waals surface area (Å²) >= 11 is 2.21. The molecule has 1 atom stereocenters. The van der Waals surface area contributed by atoms with E-state index >= 15 is 0 Å². The Morgan fingerprint density at radius 3 is 2.61 bits per heavy atom. The van der Waals surface area contributed by atoms with E-state index in [1.165, 1.54) is 0 Å². The Balaban J connectivity index is 2.01. The minimum Gasteiger partial charge on any atom is -0.483 e. The van der Waals surface area contributed by atoms with E-state index < -0.39 is 0 Å². The van der Waals surface area contributed by atoms with Crippen LogP contribution in [0, 0.1) is 3.57 Å². The van der Waals surface area contributed by atoms with Crippen molar-refractivity contribution in [1.82, 2.24) is 0 Å². The van der Waals surface area contributed by atoms with Crippen molar-refractivity contribution in [2.75, 3.05) is 0 Å². The number of rotatable bonds is 1. The number of fused-ring (bicyclic) bond motifs is 1. The molecule has 2 aromatic carbocycles. The number of para-hydroxylation sites is 1. The van der Waals surface area contributed by atoms with Gasteiger partial charge in [0.25, 0.3) is 0 Å². The molecule has 18 heavy (non-hydrogen) atoms. The van der Waals surface area contributed by atoms with Crippen molar-refractivity contribution in [2.45, 2.75) is 12.5 Å². The summed E-state index contributed by atoms with van der Waals surface area (Å²) in [4.78, 5) is 12.1. The first-order chi connectivity index (χ1) is 8.75. The fourth-order valence-corrected chi connectivity index (χ4v) is 2.79. The largest absolute Gasteiger partial charge is 0.483 e. The molecular formula is C15H11IO2. The molecule has 0 radical (unpaired) electrons. The van der Waals surface area contributed by atoms with E-state index in [2.05, 4.69) is 22.6 Å². The molecule has 0 saturated carbocycles. The van der Waals surface area contributed by atoms with E-state index in [9.17, 15) is 4.79 Å². The standard InChI is InChI=1S/C15H11IO2/c16-12-8-4-7-11-13(17)9-14(18-15(11)12)10-5-2-1-3-6-10/h1-8,14H,9H2/t14-/m1/s1. The van der Waals surface area contributed by atoms with Crippen molar-refractivity contribution >= 4 is 28.4 Å². The number of Topliss-reactive ketones (excluding diaryl/α,β-unsaturated/α-hetero) is 1. The number of hydrogen-bond donors (Lipinski definition) is 0. The lowest BCUT2D eigenvalue weighted by Crippen LogP contribution is -2.21. The summed E-state index contributed by atoms with van der Waals surface area (Å²) in [6, 6.07) is 15.6. The van der Waals surface area contributed by atoms with E-state index in [1.807, 2.05) is 48.5 Å². The number of benzene rings is 2. The molecule has 3 heteroatoms. The summed E-state index contributed by atoms with van der Waals surface area (Å²) in [7, 11) is 0. The fraction of sp³-hybridized carbons (Fsp3) is 0.133. The van der Waals surface area contributed by atoms with Crippen molar-refractivity contribution in [1.29, 1.82) is 0 Å². The maximum Gasteiger partial charge on any atom is 0.170 e. The maximum absolute atomic E-state index is 12.1. The molecule has 0 aromatic heterocycles. The summed E-state index contributed by atoms with van der Waals surface area (Å²) in [5, 5.41) is 0. The van der Waals surface area contributed by atoms with Crippen molar-refractivity contribution in [3.8, 4) is 5.75 Å². The molecule has 0 bridgehead atoms. The van der Waals surface area contributed by atoms with Gasteiger partial charge in [-0.2, -0.15) is 0 Å². The smallest absolute Gasteiger partial charge is 0.170 e. The Bertz CT molecular complexity index is 593. The van der Waals surface area contributed by atoms with Crippen molar-refractivity contribution in [3.63, 3.8) is 0 Å². The predicted octanol–water partition coefficient (Wildman–Crippen LogP) is 4.00. The summed E-state index contributed by atoms with van der Waals surface area (Å²) < 4.78 is 6.98. The second-order valence-electron chi connectivity index (χ2n) is 4.26. The van der Waals surface area contributed by atoms with Crippen molar-refractivity contribution in [2.24, 2.45) is 0 Å². The molecule has 1 aliphatic heterocycles. The molecule has 3 rings (SSSR count). The van der Waals surface area contributed by atoms with Crippen LogP contribution in [0.25, 0.3) is 0 Å². The average molecular weight is 350 g/mol. The van der Waals surface area contributed by atoms with E-state index in [1.54, 1.807) is 0 Å². The Morgan fingerprint density at radius 2 is 1.83 bits per heavy atom. The van der Waals surface area contributed by atoms with E-state index in [0.717, 1.165) is 14.9 Å². The van der Waals surface area contributed by atoms with E-state index in [-0.39, 0.29) is 11.9 Å². The van der Waals surface area contributed by atoms with Gasteiger partial charge < -0.3 is 4.74 Å². The molecular weight excluding hydrogens is 339 g/mol. The Kier molecular flexibility index (Phi) is 3.07. The summed E-state index contributed by atoms with van der Waals surface area (Å²) in [6.07, 6.45) is 0.249. The van der Waals surface area contributed by atoms with Gasteiger partial charge in [-0.05, 0) is 40.3 Å². The van der Waals surface area contributed by atoms with Crippen LogP contribution in [0.5, 0.6) is 5.75 Å². The lowest BCUT2D eigenvalue weighted by molar-refractivity contribution is 0.0848. The molecule has 1 aliphatic rings. The number of halogens is 1. The van der Waals surface area contributed by atoms with Gasteiger partial charge in [-0.3, -0.25) is 4.79 Å². The van der Waals surface area contributed by atoms with Gasteiger partial charge in [0.05, 0.1) is 15.6 Å². The van der Waals surface area contributed by atoms with Crippen LogP contribution < -0.4 is 4.74 Å². The third-order valence-corrected chi connectivity index (χ3v) is 3.92. The van der Waals surface area contributed by atoms with Gasteiger partial charge in [0.15, 0.2) is 5.78 Å². The highest BCUT2D eigenvalue weighted by Crippen LogP contribution is 2.37. The first-order valence-electron chi connectivity index (χ1n) is 5.79. The number of carbonyl (C=O) groups excluding carboxylic acids is 1. The first-order valence-corrected chi connectivity index (χ1v) is 6.87. The number of ether oxygens (including phenoxy) is 1. The van der Waals surface area contributed by atoms with Gasteiger partial charge in [0.1, 0.15) is 11.9 Å². The Labute approximate surface area is 119 Å². The van der Waals surface area contributed by atoms with Gasteiger partial charge in [0.2, 0.25) is 0 Å². The highest BCUT2D eigenvalue weighted by molar-refractivity contribution is 14.1. The van der Waals surface area contributed by atoms with Crippen LogP contribution in [0.2, 0.25) is 0 Å².